The normalized spacial score (nSPS) is 19.1. The van der Waals surface area contributed by atoms with Gasteiger partial charge < -0.3 is 10.0 Å². The van der Waals surface area contributed by atoms with Crippen molar-refractivity contribution < 1.29 is 9.90 Å². The van der Waals surface area contributed by atoms with Crippen LogP contribution in [0.2, 0.25) is 0 Å². The molecule has 0 unspecified atom stereocenters. The highest BCUT2D eigenvalue weighted by molar-refractivity contribution is 5.81. The number of rotatable bonds is 5. The van der Waals surface area contributed by atoms with Gasteiger partial charge in [0.1, 0.15) is 0 Å². The fraction of sp³-hybridized carbons (Fsp3) is 0.588. The molecule has 1 aliphatic heterocycles. The van der Waals surface area contributed by atoms with Crippen LogP contribution >= 0.6 is 0 Å². The topological polar surface area (TPSA) is 40.5 Å². The average Bonchev–Trinajstić information content (AvgIpc) is 2.46. The molecule has 3 nitrogen and oxygen atoms in total. The van der Waals surface area contributed by atoms with E-state index in [0.29, 0.717) is 18.8 Å². The van der Waals surface area contributed by atoms with Gasteiger partial charge >= 0.3 is 5.97 Å². The standard InChI is InChI=1S/C17H25NO2/c1-14(2)8-11-18-12-9-17(10-13-18,16(19)20)15-6-4-3-5-7-15/h3-7,14H,8-13H2,1-2H3,(H,19,20). The Hall–Kier alpha value is -1.35. The second-order valence-corrected chi connectivity index (χ2v) is 6.28. The van der Waals surface area contributed by atoms with Gasteiger partial charge in [-0.1, -0.05) is 44.2 Å². The third-order valence-corrected chi connectivity index (χ3v) is 4.47. The summed E-state index contributed by atoms with van der Waals surface area (Å²) >= 11 is 0. The number of likely N-dealkylation sites (tertiary alicyclic amines) is 1. The maximum absolute atomic E-state index is 11.8. The minimum atomic E-state index is -0.685. The van der Waals surface area contributed by atoms with Crippen molar-refractivity contribution in [3.05, 3.63) is 35.9 Å². The number of carboxylic acid groups (broad SMARTS) is 1. The van der Waals surface area contributed by atoms with Crippen molar-refractivity contribution in [1.82, 2.24) is 4.90 Å². The van der Waals surface area contributed by atoms with E-state index in [0.717, 1.165) is 25.2 Å². The Bertz CT molecular complexity index is 434. The lowest BCUT2D eigenvalue weighted by atomic mass is 9.73. The summed E-state index contributed by atoms with van der Waals surface area (Å²) in [5.41, 5.74) is 0.270. The van der Waals surface area contributed by atoms with E-state index in [1.54, 1.807) is 0 Å². The predicted molar refractivity (Wildman–Crippen MR) is 80.9 cm³/mol. The van der Waals surface area contributed by atoms with E-state index in [1.807, 2.05) is 30.3 Å². The number of carboxylic acids is 1. The summed E-state index contributed by atoms with van der Waals surface area (Å²) in [4.78, 5) is 14.2. The molecule has 0 bridgehead atoms. The Morgan fingerprint density at radius 2 is 1.85 bits per heavy atom. The Kier molecular flexibility index (Phi) is 4.81. The van der Waals surface area contributed by atoms with Gasteiger partial charge in [0.25, 0.3) is 0 Å². The third-order valence-electron chi connectivity index (χ3n) is 4.47. The Balaban J connectivity index is 2.06. The van der Waals surface area contributed by atoms with Gasteiger partial charge in [-0.2, -0.15) is 0 Å². The Morgan fingerprint density at radius 1 is 1.25 bits per heavy atom. The molecule has 3 heteroatoms. The molecule has 1 heterocycles. The first-order chi connectivity index (χ1) is 9.54. The number of hydrogen-bond acceptors (Lipinski definition) is 2. The molecular weight excluding hydrogens is 250 g/mol. The third kappa shape index (κ3) is 3.21. The monoisotopic (exact) mass is 275 g/mol. The van der Waals surface area contributed by atoms with Gasteiger partial charge in [0.15, 0.2) is 0 Å². The van der Waals surface area contributed by atoms with Gasteiger partial charge in [0, 0.05) is 0 Å². The molecule has 1 fully saturated rings. The smallest absolute Gasteiger partial charge is 0.314 e. The SMILES string of the molecule is CC(C)CCN1CCC(C(=O)O)(c2ccccc2)CC1. The zero-order valence-electron chi connectivity index (χ0n) is 12.5. The summed E-state index contributed by atoms with van der Waals surface area (Å²) < 4.78 is 0. The van der Waals surface area contributed by atoms with E-state index in [4.69, 9.17) is 0 Å². The molecule has 1 aromatic carbocycles. The number of hydrogen-bond donors (Lipinski definition) is 1. The second-order valence-electron chi connectivity index (χ2n) is 6.28. The molecule has 110 valence electrons. The van der Waals surface area contributed by atoms with Gasteiger partial charge in [0.05, 0.1) is 5.41 Å². The first-order valence-corrected chi connectivity index (χ1v) is 7.56. The molecule has 0 aliphatic carbocycles. The molecule has 0 amide bonds. The quantitative estimate of drug-likeness (QED) is 0.897. The highest BCUT2D eigenvalue weighted by atomic mass is 16.4. The minimum Gasteiger partial charge on any atom is -0.481 e. The van der Waals surface area contributed by atoms with Crippen LogP contribution in [0.1, 0.15) is 38.7 Å². The molecule has 0 radical (unpaired) electrons. The predicted octanol–water partition coefficient (Wildman–Crippen LogP) is 3.15. The molecule has 0 aromatic heterocycles. The second kappa shape index (κ2) is 6.40. The molecule has 20 heavy (non-hydrogen) atoms. The molecule has 1 saturated heterocycles. The summed E-state index contributed by atoms with van der Waals surface area (Å²) in [7, 11) is 0. The largest absolute Gasteiger partial charge is 0.481 e. The zero-order valence-corrected chi connectivity index (χ0v) is 12.5. The molecule has 1 aliphatic rings. The van der Waals surface area contributed by atoms with Gasteiger partial charge in [-0.25, -0.2) is 0 Å². The van der Waals surface area contributed by atoms with Crippen molar-refractivity contribution in [2.45, 2.75) is 38.5 Å². The lowest BCUT2D eigenvalue weighted by Gasteiger charge is -2.39. The summed E-state index contributed by atoms with van der Waals surface area (Å²) in [5.74, 6) is 0.0301. The van der Waals surface area contributed by atoms with Crippen LogP contribution in [0.25, 0.3) is 0 Å². The van der Waals surface area contributed by atoms with Crippen LogP contribution in [-0.2, 0) is 10.2 Å². The van der Waals surface area contributed by atoms with Crippen molar-refractivity contribution in [2.24, 2.45) is 5.92 Å². The van der Waals surface area contributed by atoms with Crippen LogP contribution in [0.3, 0.4) is 0 Å². The number of piperidine rings is 1. The highest BCUT2D eigenvalue weighted by Gasteiger charge is 2.42. The number of nitrogens with zero attached hydrogens (tertiary/aromatic N) is 1. The maximum atomic E-state index is 11.8. The van der Waals surface area contributed by atoms with Gasteiger partial charge in [-0.3, -0.25) is 4.79 Å². The van der Waals surface area contributed by atoms with Crippen LogP contribution in [0.5, 0.6) is 0 Å². The Labute approximate surface area is 121 Å². The van der Waals surface area contributed by atoms with E-state index in [9.17, 15) is 9.90 Å². The van der Waals surface area contributed by atoms with Crippen molar-refractivity contribution >= 4 is 5.97 Å². The van der Waals surface area contributed by atoms with E-state index in [1.165, 1.54) is 6.42 Å². The lowest BCUT2D eigenvalue weighted by Crippen LogP contribution is -2.47. The van der Waals surface area contributed by atoms with E-state index < -0.39 is 11.4 Å². The Morgan fingerprint density at radius 3 is 2.35 bits per heavy atom. The van der Waals surface area contributed by atoms with E-state index in [2.05, 4.69) is 18.7 Å². The van der Waals surface area contributed by atoms with Crippen LogP contribution in [0.15, 0.2) is 30.3 Å². The van der Waals surface area contributed by atoms with Crippen LogP contribution in [0.4, 0.5) is 0 Å². The van der Waals surface area contributed by atoms with Crippen LogP contribution in [-0.4, -0.2) is 35.6 Å². The fourth-order valence-electron chi connectivity index (χ4n) is 2.98. The van der Waals surface area contributed by atoms with Crippen molar-refractivity contribution in [3.8, 4) is 0 Å². The van der Waals surface area contributed by atoms with Gasteiger partial charge in [-0.15, -0.1) is 0 Å². The highest BCUT2D eigenvalue weighted by Crippen LogP contribution is 2.35. The van der Waals surface area contributed by atoms with Crippen LogP contribution < -0.4 is 0 Å². The molecule has 0 saturated carbocycles. The van der Waals surface area contributed by atoms with Crippen molar-refractivity contribution in [2.75, 3.05) is 19.6 Å². The molecule has 0 atom stereocenters. The molecule has 1 aromatic rings. The number of aliphatic carboxylic acids is 1. The summed E-state index contributed by atoms with van der Waals surface area (Å²) in [6.07, 6.45) is 2.61. The summed E-state index contributed by atoms with van der Waals surface area (Å²) in [6.45, 7) is 7.31. The first kappa shape index (κ1) is 15.0. The van der Waals surface area contributed by atoms with Gasteiger partial charge in [-0.05, 0) is 50.4 Å². The van der Waals surface area contributed by atoms with Crippen LogP contribution in [0, 0.1) is 5.92 Å². The molecule has 0 spiro atoms. The average molecular weight is 275 g/mol. The van der Waals surface area contributed by atoms with Gasteiger partial charge in [0.2, 0.25) is 0 Å². The molecule has 1 N–H and O–H groups in total. The fourth-order valence-corrected chi connectivity index (χ4v) is 2.98. The summed E-state index contributed by atoms with van der Waals surface area (Å²) in [5, 5.41) is 9.73. The van der Waals surface area contributed by atoms with E-state index in [-0.39, 0.29) is 0 Å². The number of benzene rings is 1. The number of carbonyl (C=O) groups is 1. The van der Waals surface area contributed by atoms with E-state index >= 15 is 0 Å². The molecule has 2 rings (SSSR count). The zero-order chi connectivity index (χ0) is 14.6. The van der Waals surface area contributed by atoms with Crippen molar-refractivity contribution in [3.63, 3.8) is 0 Å². The minimum absolute atomic E-state index is 0.674. The molecular formula is C17H25NO2. The van der Waals surface area contributed by atoms with Crippen molar-refractivity contribution in [1.29, 1.82) is 0 Å². The first-order valence-electron chi connectivity index (χ1n) is 7.56. The maximum Gasteiger partial charge on any atom is 0.314 e. The summed E-state index contributed by atoms with van der Waals surface area (Å²) in [6, 6.07) is 9.73. The lowest BCUT2D eigenvalue weighted by molar-refractivity contribution is -0.146.